The van der Waals surface area contributed by atoms with E-state index in [-0.39, 0.29) is 0 Å². The van der Waals surface area contributed by atoms with Crippen molar-refractivity contribution < 1.29 is 4.39 Å². The second kappa shape index (κ2) is 4.09. The Morgan fingerprint density at radius 2 is 2.50 bits per heavy atom. The summed E-state index contributed by atoms with van der Waals surface area (Å²) in [5.74, 6) is 0. The van der Waals surface area contributed by atoms with Crippen molar-refractivity contribution in [3.63, 3.8) is 0 Å². The number of rotatable bonds is 3. The van der Waals surface area contributed by atoms with Crippen LogP contribution in [0.3, 0.4) is 0 Å². The number of aromatic nitrogens is 2. The van der Waals surface area contributed by atoms with Gasteiger partial charge in [-0.25, -0.2) is 4.39 Å². The van der Waals surface area contributed by atoms with Gasteiger partial charge < -0.3 is 5.32 Å². The van der Waals surface area contributed by atoms with Crippen molar-refractivity contribution in [2.24, 2.45) is 7.05 Å². The van der Waals surface area contributed by atoms with Crippen LogP contribution in [0.15, 0.2) is 12.3 Å². The number of nitrogens with zero attached hydrogens (tertiary/aromatic N) is 2. The topological polar surface area (TPSA) is 29.9 Å². The lowest BCUT2D eigenvalue weighted by Gasteiger charge is -2.09. The van der Waals surface area contributed by atoms with Crippen LogP contribution in [0, 0.1) is 0 Å². The zero-order valence-electron chi connectivity index (χ0n) is 8.41. The van der Waals surface area contributed by atoms with Gasteiger partial charge in [0.2, 0.25) is 0 Å². The van der Waals surface area contributed by atoms with Gasteiger partial charge in [0.1, 0.15) is 6.17 Å². The van der Waals surface area contributed by atoms with Crippen LogP contribution in [0.4, 0.5) is 4.39 Å². The maximum Gasteiger partial charge on any atom is 0.102 e. The van der Waals surface area contributed by atoms with Gasteiger partial charge in [-0.15, -0.1) is 0 Å². The average Bonchev–Trinajstić information content (AvgIpc) is 2.72. The van der Waals surface area contributed by atoms with Gasteiger partial charge in [0.05, 0.1) is 5.69 Å². The summed E-state index contributed by atoms with van der Waals surface area (Å²) in [6.07, 6.45) is 3.64. The van der Waals surface area contributed by atoms with E-state index >= 15 is 0 Å². The molecule has 14 heavy (non-hydrogen) atoms. The van der Waals surface area contributed by atoms with Gasteiger partial charge in [-0.05, 0) is 25.3 Å². The second-order valence-corrected chi connectivity index (χ2v) is 3.97. The van der Waals surface area contributed by atoms with E-state index in [1.165, 1.54) is 0 Å². The van der Waals surface area contributed by atoms with Crippen molar-refractivity contribution in [3.8, 4) is 0 Å². The lowest BCUT2D eigenvalue weighted by atomic mass is 10.2. The van der Waals surface area contributed by atoms with E-state index in [0.29, 0.717) is 18.9 Å². The number of hydrogen-bond acceptors (Lipinski definition) is 2. The van der Waals surface area contributed by atoms with Gasteiger partial charge in [-0.3, -0.25) is 4.68 Å². The molecule has 3 nitrogen and oxygen atoms in total. The highest BCUT2D eigenvalue weighted by Gasteiger charge is 2.23. The highest BCUT2D eigenvalue weighted by atomic mass is 19.1. The fraction of sp³-hybridized carbons (Fsp3) is 0.700. The predicted octanol–water partition coefficient (Wildman–Crippen LogP) is 1.40. The molecular weight excluding hydrogens is 181 g/mol. The van der Waals surface area contributed by atoms with E-state index in [1.54, 1.807) is 4.68 Å². The van der Waals surface area contributed by atoms with Crippen LogP contribution in [0.1, 0.15) is 25.0 Å². The molecule has 78 valence electrons. The molecule has 0 aromatic carbocycles. The fourth-order valence-electron chi connectivity index (χ4n) is 1.92. The summed E-state index contributed by atoms with van der Waals surface area (Å²) < 4.78 is 14.6. The third kappa shape index (κ3) is 2.32. The van der Waals surface area contributed by atoms with Crippen LogP contribution < -0.4 is 5.32 Å². The molecule has 0 spiro atoms. The predicted molar refractivity (Wildman–Crippen MR) is 52.6 cm³/mol. The zero-order valence-corrected chi connectivity index (χ0v) is 8.41. The van der Waals surface area contributed by atoms with Crippen molar-refractivity contribution in [3.05, 3.63) is 18.0 Å². The maximum atomic E-state index is 12.8. The molecule has 0 saturated heterocycles. The molecule has 1 heterocycles. The van der Waals surface area contributed by atoms with Gasteiger partial charge in [0, 0.05) is 25.8 Å². The Labute approximate surface area is 83.3 Å². The first-order valence-electron chi connectivity index (χ1n) is 5.10. The zero-order chi connectivity index (χ0) is 9.97. The molecule has 1 saturated carbocycles. The number of nitrogens with one attached hydrogen (secondary N) is 1. The summed E-state index contributed by atoms with van der Waals surface area (Å²) in [6.45, 7) is 0.748. The molecule has 0 amide bonds. The summed E-state index contributed by atoms with van der Waals surface area (Å²) in [6, 6.07) is 2.32. The highest BCUT2D eigenvalue weighted by Crippen LogP contribution is 2.21. The SMILES string of the molecule is Cn1ccc(CNC2CCC(F)C2)n1. The molecule has 0 aliphatic heterocycles. The first kappa shape index (κ1) is 9.65. The van der Waals surface area contributed by atoms with E-state index in [4.69, 9.17) is 0 Å². The molecule has 0 bridgehead atoms. The van der Waals surface area contributed by atoms with Crippen LogP contribution in [0.5, 0.6) is 0 Å². The molecule has 2 unspecified atom stereocenters. The molecule has 0 radical (unpaired) electrons. The molecular formula is C10H16FN3. The quantitative estimate of drug-likeness (QED) is 0.793. The Morgan fingerprint density at radius 1 is 1.64 bits per heavy atom. The van der Waals surface area contributed by atoms with Crippen molar-refractivity contribution in [1.82, 2.24) is 15.1 Å². The summed E-state index contributed by atoms with van der Waals surface area (Å²) in [7, 11) is 1.90. The summed E-state index contributed by atoms with van der Waals surface area (Å²) >= 11 is 0. The first-order chi connectivity index (χ1) is 6.74. The van der Waals surface area contributed by atoms with Crippen molar-refractivity contribution in [1.29, 1.82) is 0 Å². The molecule has 2 atom stereocenters. The standard InChI is InChI=1S/C10H16FN3/c1-14-5-4-10(13-14)7-12-9-3-2-8(11)6-9/h4-5,8-9,12H,2-3,6-7H2,1H3. The van der Waals surface area contributed by atoms with Gasteiger partial charge in [0.15, 0.2) is 0 Å². The van der Waals surface area contributed by atoms with Crippen molar-refractivity contribution in [2.45, 2.75) is 38.0 Å². The molecule has 1 N–H and O–H groups in total. The maximum absolute atomic E-state index is 12.8. The van der Waals surface area contributed by atoms with Crippen LogP contribution >= 0.6 is 0 Å². The van der Waals surface area contributed by atoms with Crippen LogP contribution in [0.2, 0.25) is 0 Å². The van der Waals surface area contributed by atoms with Crippen LogP contribution in [0.25, 0.3) is 0 Å². The Hall–Kier alpha value is -0.900. The lowest BCUT2D eigenvalue weighted by molar-refractivity contribution is 0.333. The normalized spacial score (nSPS) is 27.0. The Balaban J connectivity index is 1.77. The van der Waals surface area contributed by atoms with Crippen LogP contribution in [-0.4, -0.2) is 22.0 Å². The lowest BCUT2D eigenvalue weighted by Crippen LogP contribution is -2.26. The van der Waals surface area contributed by atoms with Crippen molar-refractivity contribution in [2.75, 3.05) is 0 Å². The fourth-order valence-corrected chi connectivity index (χ4v) is 1.92. The van der Waals surface area contributed by atoms with Crippen LogP contribution in [-0.2, 0) is 13.6 Å². The molecule has 1 aromatic rings. The van der Waals surface area contributed by atoms with E-state index in [9.17, 15) is 4.39 Å². The van der Waals surface area contributed by atoms with Gasteiger partial charge in [-0.1, -0.05) is 0 Å². The van der Waals surface area contributed by atoms with E-state index < -0.39 is 6.17 Å². The van der Waals surface area contributed by atoms with Gasteiger partial charge >= 0.3 is 0 Å². The molecule has 1 aliphatic carbocycles. The second-order valence-electron chi connectivity index (χ2n) is 3.97. The van der Waals surface area contributed by atoms with Gasteiger partial charge in [-0.2, -0.15) is 5.10 Å². The summed E-state index contributed by atoms with van der Waals surface area (Å²) in [4.78, 5) is 0. The third-order valence-corrected chi connectivity index (χ3v) is 2.71. The number of hydrogen-bond donors (Lipinski definition) is 1. The number of halogens is 1. The Kier molecular flexibility index (Phi) is 2.82. The minimum Gasteiger partial charge on any atom is -0.308 e. The van der Waals surface area contributed by atoms with Gasteiger partial charge in [0.25, 0.3) is 0 Å². The minimum atomic E-state index is -0.601. The van der Waals surface area contributed by atoms with E-state index in [0.717, 1.165) is 18.7 Å². The minimum absolute atomic E-state index is 0.340. The molecule has 1 aromatic heterocycles. The summed E-state index contributed by atoms with van der Waals surface area (Å²) in [5, 5.41) is 7.58. The van der Waals surface area contributed by atoms with Crippen molar-refractivity contribution >= 4 is 0 Å². The monoisotopic (exact) mass is 197 g/mol. The van der Waals surface area contributed by atoms with E-state index in [2.05, 4.69) is 10.4 Å². The summed E-state index contributed by atoms with van der Waals surface area (Å²) in [5.41, 5.74) is 1.02. The number of aryl methyl sites for hydroxylation is 1. The Bertz CT molecular complexity index is 297. The van der Waals surface area contributed by atoms with E-state index in [1.807, 2.05) is 19.3 Å². The third-order valence-electron chi connectivity index (χ3n) is 2.71. The molecule has 2 rings (SSSR count). The molecule has 1 fully saturated rings. The molecule has 4 heteroatoms. The Morgan fingerprint density at radius 3 is 3.07 bits per heavy atom. The molecule has 1 aliphatic rings. The number of alkyl halides is 1. The average molecular weight is 197 g/mol. The highest BCUT2D eigenvalue weighted by molar-refractivity contribution is 4.98. The largest absolute Gasteiger partial charge is 0.308 e. The first-order valence-corrected chi connectivity index (χ1v) is 5.10. The smallest absolute Gasteiger partial charge is 0.102 e.